The number of hydrogen-bond acceptors (Lipinski definition) is 3. The van der Waals surface area contributed by atoms with E-state index < -0.39 is 39.3 Å². The van der Waals surface area contributed by atoms with Crippen LogP contribution in [0.4, 0.5) is 10.1 Å². The van der Waals surface area contributed by atoms with E-state index in [0.717, 1.165) is 0 Å². The van der Waals surface area contributed by atoms with Gasteiger partial charge in [0.15, 0.2) is 5.82 Å². The molecule has 0 aromatic heterocycles. The first-order valence-electron chi connectivity index (χ1n) is 9.35. The van der Waals surface area contributed by atoms with Crippen LogP contribution in [-0.2, 0) is 4.79 Å². The number of anilines is 1. The maximum absolute atomic E-state index is 13.7. The average molecular weight is 536 g/mol. The van der Waals surface area contributed by atoms with Gasteiger partial charge in [0, 0.05) is 11.6 Å². The monoisotopic (exact) mass is 533 g/mol. The molecule has 2 amide bonds. The Hall–Kier alpha value is -1.75. The van der Waals surface area contributed by atoms with E-state index in [1.165, 1.54) is 30.3 Å². The largest absolute Gasteiger partial charge is 0.334 e. The molecule has 2 aliphatic rings. The van der Waals surface area contributed by atoms with Crippen molar-refractivity contribution in [2.24, 2.45) is 5.92 Å². The Bertz CT molecular complexity index is 1170. The van der Waals surface area contributed by atoms with Gasteiger partial charge in [-0.2, -0.15) is 5.26 Å². The lowest BCUT2D eigenvalue weighted by molar-refractivity contribution is -0.117. The predicted octanol–water partition coefficient (Wildman–Crippen LogP) is 6.10. The van der Waals surface area contributed by atoms with Gasteiger partial charge in [0.1, 0.15) is 9.87 Å². The van der Waals surface area contributed by atoms with E-state index in [0.29, 0.717) is 18.4 Å². The predicted molar refractivity (Wildman–Crippen MR) is 122 cm³/mol. The molecule has 0 unspecified atom stereocenters. The van der Waals surface area contributed by atoms with Gasteiger partial charge >= 0.3 is 0 Å². The number of nitrogens with zero attached hydrogens (tertiary/aromatic N) is 1. The number of benzene rings is 2. The van der Waals surface area contributed by atoms with Gasteiger partial charge in [-0.3, -0.25) is 9.59 Å². The lowest BCUT2D eigenvalue weighted by atomic mass is 10.1. The van der Waals surface area contributed by atoms with Crippen molar-refractivity contribution in [1.82, 2.24) is 5.32 Å². The second-order valence-electron chi connectivity index (χ2n) is 7.76. The molecule has 0 bridgehead atoms. The summed E-state index contributed by atoms with van der Waals surface area (Å²) < 4.78 is 12.3. The van der Waals surface area contributed by atoms with Crippen molar-refractivity contribution >= 4 is 75.5 Å². The van der Waals surface area contributed by atoms with Crippen LogP contribution in [0, 0.1) is 23.1 Å². The van der Waals surface area contributed by atoms with Crippen molar-refractivity contribution in [2.75, 3.05) is 5.32 Å². The van der Waals surface area contributed by atoms with Crippen LogP contribution in [0.5, 0.6) is 0 Å². The van der Waals surface area contributed by atoms with Gasteiger partial charge in [-0.05, 0) is 48.7 Å². The summed E-state index contributed by atoms with van der Waals surface area (Å²) in [5.41, 5.74) is -0.0427. The van der Waals surface area contributed by atoms with Gasteiger partial charge in [-0.25, -0.2) is 4.39 Å². The topological polar surface area (TPSA) is 82.0 Å². The van der Waals surface area contributed by atoms with Gasteiger partial charge in [-0.1, -0.05) is 34.8 Å². The van der Waals surface area contributed by atoms with E-state index in [9.17, 15) is 14.0 Å². The highest BCUT2D eigenvalue weighted by Gasteiger charge is 2.67. The first kappa shape index (κ1) is 23.4. The van der Waals surface area contributed by atoms with E-state index >= 15 is 0 Å². The Morgan fingerprint density at radius 2 is 1.69 bits per heavy atom. The molecule has 4 rings (SSSR count). The highest BCUT2D eigenvalue weighted by atomic mass is 35.5. The first-order valence-corrected chi connectivity index (χ1v) is 11.2. The van der Waals surface area contributed by atoms with Crippen LogP contribution in [0.2, 0.25) is 15.1 Å². The molecule has 0 heterocycles. The third-order valence-electron chi connectivity index (χ3n) is 5.50. The summed E-state index contributed by atoms with van der Waals surface area (Å²) in [6, 6.07) is 9.09. The third-order valence-corrected chi connectivity index (χ3v) is 7.32. The molecule has 11 heteroatoms. The lowest BCUT2D eigenvalue weighted by Crippen LogP contribution is -2.35. The second kappa shape index (κ2) is 8.23. The Morgan fingerprint density at radius 1 is 1.06 bits per heavy atom. The smallest absolute Gasteiger partial charge is 0.254 e. The minimum Gasteiger partial charge on any atom is -0.334 e. The fraction of sp³-hybridized carbons (Fsp3) is 0.286. The highest BCUT2D eigenvalue weighted by Crippen LogP contribution is 2.65. The number of carbonyl (C=O) groups is 2. The summed E-state index contributed by atoms with van der Waals surface area (Å²) in [5.74, 6) is -3.34. The van der Waals surface area contributed by atoms with Gasteiger partial charge in [0.05, 0.1) is 32.6 Å². The van der Waals surface area contributed by atoms with Crippen molar-refractivity contribution in [3.63, 3.8) is 0 Å². The lowest BCUT2D eigenvalue weighted by Gasteiger charge is -2.12. The Morgan fingerprint density at radius 3 is 2.25 bits per heavy atom. The SMILES string of the molecule is N#CC1(NC(=O)c2cc(NC(=O)[C@H]3[C@H](c4cc(Cl)c(F)c(Cl)c4)C3(Cl)Cl)ccc2Cl)CC1. The molecule has 2 N–H and O–H groups in total. The van der Waals surface area contributed by atoms with Crippen LogP contribution in [0.25, 0.3) is 0 Å². The van der Waals surface area contributed by atoms with Crippen LogP contribution in [0.3, 0.4) is 0 Å². The normalized spacial score (nSPS) is 21.9. The van der Waals surface area contributed by atoms with Crippen molar-refractivity contribution in [1.29, 1.82) is 5.26 Å². The second-order valence-corrected chi connectivity index (χ2v) is 10.4. The number of nitriles is 1. The Labute approximate surface area is 207 Å². The maximum Gasteiger partial charge on any atom is 0.254 e. The van der Waals surface area contributed by atoms with Crippen LogP contribution >= 0.6 is 58.0 Å². The zero-order valence-corrected chi connectivity index (χ0v) is 19.8. The summed E-state index contributed by atoms with van der Waals surface area (Å²) in [6.07, 6.45) is 1.13. The Kier molecular flexibility index (Phi) is 6.02. The van der Waals surface area contributed by atoms with E-state index in [2.05, 4.69) is 16.7 Å². The summed E-state index contributed by atoms with van der Waals surface area (Å²) in [5, 5.41) is 14.2. The zero-order valence-electron chi connectivity index (χ0n) is 16.0. The number of rotatable bonds is 5. The number of halogens is 6. The first-order chi connectivity index (χ1) is 15.0. The van der Waals surface area contributed by atoms with Gasteiger partial charge < -0.3 is 10.6 Å². The molecule has 166 valence electrons. The Balaban J connectivity index is 1.52. The van der Waals surface area contributed by atoms with Crippen molar-refractivity contribution in [3.8, 4) is 6.07 Å². The molecule has 2 aliphatic carbocycles. The fourth-order valence-electron chi connectivity index (χ4n) is 3.49. The van der Waals surface area contributed by atoms with Crippen LogP contribution in [0.15, 0.2) is 30.3 Å². The molecule has 2 saturated carbocycles. The quantitative estimate of drug-likeness (QED) is 0.359. The van der Waals surface area contributed by atoms with Gasteiger partial charge in [-0.15, -0.1) is 23.2 Å². The molecular formula is C21H13Cl5FN3O2. The molecule has 0 radical (unpaired) electrons. The molecule has 2 fully saturated rings. The summed E-state index contributed by atoms with van der Waals surface area (Å²) in [6.45, 7) is 0. The number of carbonyl (C=O) groups excluding carboxylic acids is 2. The molecule has 2 aromatic rings. The third kappa shape index (κ3) is 4.25. The molecule has 2 atom stereocenters. The van der Waals surface area contributed by atoms with Crippen molar-refractivity contribution in [3.05, 3.63) is 62.3 Å². The number of amides is 2. The molecular weight excluding hydrogens is 523 g/mol. The molecule has 0 aliphatic heterocycles. The summed E-state index contributed by atoms with van der Waals surface area (Å²) in [4.78, 5) is 25.4. The van der Waals surface area contributed by atoms with Crippen LogP contribution in [-0.4, -0.2) is 21.7 Å². The van der Waals surface area contributed by atoms with E-state index in [1.807, 2.05) is 0 Å². The van der Waals surface area contributed by atoms with Gasteiger partial charge in [0.25, 0.3) is 5.91 Å². The number of hydrogen-bond donors (Lipinski definition) is 2. The molecule has 0 spiro atoms. The average Bonchev–Trinajstić information content (AvgIpc) is 3.62. The fourth-order valence-corrected chi connectivity index (χ4v) is 5.03. The minimum absolute atomic E-state index is 0.110. The maximum atomic E-state index is 13.7. The number of nitrogens with one attached hydrogen (secondary N) is 2. The molecule has 32 heavy (non-hydrogen) atoms. The standard InChI is InChI=1S/C21H13Cl5FN3O2/c22-12-2-1-10(7-11(12)18(31)30-20(8-28)3-4-20)29-19(32)16-15(21(16,25)26)9-5-13(23)17(27)14(24)6-9/h1-2,5-7,15-16H,3-4H2,(H,29,32)(H,30,31)/t15-,16+/m0/s1. The van der Waals surface area contributed by atoms with Crippen molar-refractivity contribution in [2.45, 2.75) is 28.6 Å². The van der Waals surface area contributed by atoms with Crippen LogP contribution in [0.1, 0.15) is 34.7 Å². The molecule has 2 aromatic carbocycles. The highest BCUT2D eigenvalue weighted by molar-refractivity contribution is 6.53. The molecule has 5 nitrogen and oxygen atoms in total. The summed E-state index contributed by atoms with van der Waals surface area (Å²) >= 11 is 30.5. The minimum atomic E-state index is -1.45. The number of alkyl halides is 2. The van der Waals surface area contributed by atoms with E-state index in [-0.39, 0.29) is 26.3 Å². The van der Waals surface area contributed by atoms with E-state index in [4.69, 9.17) is 63.3 Å². The van der Waals surface area contributed by atoms with Crippen molar-refractivity contribution < 1.29 is 14.0 Å². The zero-order chi connectivity index (χ0) is 23.4. The van der Waals surface area contributed by atoms with E-state index in [1.54, 1.807) is 0 Å². The van der Waals surface area contributed by atoms with Crippen LogP contribution < -0.4 is 10.6 Å². The summed E-state index contributed by atoms with van der Waals surface area (Å²) in [7, 11) is 0. The molecule has 0 saturated heterocycles. The van der Waals surface area contributed by atoms with Gasteiger partial charge in [0.2, 0.25) is 5.91 Å².